The lowest BCUT2D eigenvalue weighted by atomic mass is 9.84. The number of amides is 1. The van der Waals surface area contributed by atoms with E-state index in [9.17, 15) is 4.79 Å². The number of hydrogen-bond acceptors (Lipinski definition) is 4. The predicted molar refractivity (Wildman–Crippen MR) is 100 cm³/mol. The topological polar surface area (TPSA) is 47.6 Å². The zero-order valence-corrected chi connectivity index (χ0v) is 16.0. The molecule has 2 aliphatic heterocycles. The Kier molecular flexibility index (Phi) is 8.50. The van der Waals surface area contributed by atoms with Crippen molar-refractivity contribution in [3.8, 4) is 0 Å². The monoisotopic (exact) mass is 338 g/mol. The van der Waals surface area contributed by atoms with Gasteiger partial charge in [-0.1, -0.05) is 20.8 Å². The third kappa shape index (κ3) is 6.69. The third-order valence-electron chi connectivity index (χ3n) is 5.83. The van der Waals surface area contributed by atoms with Crippen molar-refractivity contribution >= 4 is 5.91 Å². The highest BCUT2D eigenvalue weighted by atomic mass is 16.1. The van der Waals surface area contributed by atoms with Gasteiger partial charge in [0.15, 0.2) is 0 Å². The Labute approximate surface area is 148 Å². The molecule has 0 aromatic carbocycles. The van der Waals surface area contributed by atoms with E-state index in [2.05, 4.69) is 41.2 Å². The van der Waals surface area contributed by atoms with Gasteiger partial charge in [-0.15, -0.1) is 0 Å². The van der Waals surface area contributed by atoms with Crippen molar-refractivity contribution < 1.29 is 4.79 Å². The number of carbonyl (C=O) groups excluding carboxylic acids is 1. The second-order valence-corrected chi connectivity index (χ2v) is 7.91. The minimum absolute atomic E-state index is 0.240. The van der Waals surface area contributed by atoms with Gasteiger partial charge in [0.25, 0.3) is 0 Å². The van der Waals surface area contributed by atoms with Crippen LogP contribution in [-0.4, -0.2) is 74.6 Å². The lowest BCUT2D eigenvalue weighted by Crippen LogP contribution is -2.48. The van der Waals surface area contributed by atoms with Crippen molar-refractivity contribution in [1.82, 2.24) is 20.4 Å². The first kappa shape index (κ1) is 19.7. The van der Waals surface area contributed by atoms with Crippen LogP contribution in [0.4, 0.5) is 0 Å². The van der Waals surface area contributed by atoms with Crippen LogP contribution in [0.2, 0.25) is 0 Å². The van der Waals surface area contributed by atoms with Crippen LogP contribution in [0.1, 0.15) is 40.0 Å². The fourth-order valence-corrected chi connectivity index (χ4v) is 4.03. The summed E-state index contributed by atoms with van der Waals surface area (Å²) >= 11 is 0. The lowest BCUT2D eigenvalue weighted by molar-refractivity contribution is -0.122. The van der Waals surface area contributed by atoms with Crippen LogP contribution in [0, 0.1) is 17.8 Å². The van der Waals surface area contributed by atoms with Gasteiger partial charge in [-0.3, -0.25) is 4.79 Å². The van der Waals surface area contributed by atoms with E-state index in [1.54, 1.807) is 0 Å². The SMILES string of the molecule is CCN1CCN(CC(C)CNC(=O)CC(C)C2CCNCC2)CC1. The molecular formula is C19H38N4O. The fraction of sp³-hybridized carbons (Fsp3) is 0.947. The van der Waals surface area contributed by atoms with Crippen molar-refractivity contribution in [3.05, 3.63) is 0 Å². The molecule has 0 bridgehead atoms. The van der Waals surface area contributed by atoms with Gasteiger partial charge in [0.05, 0.1) is 0 Å². The zero-order chi connectivity index (χ0) is 17.4. The second-order valence-electron chi connectivity index (χ2n) is 7.91. The molecule has 2 atom stereocenters. The quantitative estimate of drug-likeness (QED) is 0.702. The van der Waals surface area contributed by atoms with Crippen LogP contribution in [0.5, 0.6) is 0 Å². The van der Waals surface area contributed by atoms with Crippen molar-refractivity contribution in [2.24, 2.45) is 17.8 Å². The summed E-state index contributed by atoms with van der Waals surface area (Å²) in [5, 5.41) is 6.57. The minimum Gasteiger partial charge on any atom is -0.356 e. The van der Waals surface area contributed by atoms with Gasteiger partial charge in [0.1, 0.15) is 0 Å². The Balaban J connectivity index is 1.59. The number of rotatable bonds is 8. The molecule has 5 nitrogen and oxygen atoms in total. The van der Waals surface area contributed by atoms with E-state index < -0.39 is 0 Å². The van der Waals surface area contributed by atoms with Crippen LogP contribution >= 0.6 is 0 Å². The molecule has 24 heavy (non-hydrogen) atoms. The maximum Gasteiger partial charge on any atom is 0.220 e. The Bertz CT molecular complexity index is 362. The first-order chi connectivity index (χ1) is 11.6. The summed E-state index contributed by atoms with van der Waals surface area (Å²) in [5.41, 5.74) is 0. The van der Waals surface area contributed by atoms with Crippen LogP contribution in [0.25, 0.3) is 0 Å². The van der Waals surface area contributed by atoms with Crippen LogP contribution in [0.15, 0.2) is 0 Å². The Morgan fingerprint density at radius 2 is 1.75 bits per heavy atom. The van der Waals surface area contributed by atoms with E-state index >= 15 is 0 Å². The van der Waals surface area contributed by atoms with Crippen LogP contribution < -0.4 is 10.6 Å². The largest absolute Gasteiger partial charge is 0.356 e. The fourth-order valence-electron chi connectivity index (χ4n) is 4.03. The molecular weight excluding hydrogens is 300 g/mol. The number of carbonyl (C=O) groups is 1. The molecule has 0 saturated carbocycles. The van der Waals surface area contributed by atoms with E-state index in [-0.39, 0.29) is 5.91 Å². The van der Waals surface area contributed by atoms with E-state index in [0.29, 0.717) is 24.2 Å². The molecule has 5 heteroatoms. The number of nitrogens with zero attached hydrogens (tertiary/aromatic N) is 2. The Morgan fingerprint density at radius 3 is 2.38 bits per heavy atom. The molecule has 0 aromatic rings. The summed E-state index contributed by atoms with van der Waals surface area (Å²) in [6.45, 7) is 16.7. The number of hydrogen-bond donors (Lipinski definition) is 2. The Hall–Kier alpha value is -0.650. The van der Waals surface area contributed by atoms with Crippen LogP contribution in [0.3, 0.4) is 0 Å². The van der Waals surface area contributed by atoms with Crippen LogP contribution in [-0.2, 0) is 4.79 Å². The molecule has 2 unspecified atom stereocenters. The third-order valence-corrected chi connectivity index (χ3v) is 5.83. The number of nitrogens with one attached hydrogen (secondary N) is 2. The molecule has 2 fully saturated rings. The smallest absolute Gasteiger partial charge is 0.220 e. The molecule has 0 aromatic heterocycles. The van der Waals surface area contributed by atoms with E-state index in [1.807, 2.05) is 0 Å². The molecule has 140 valence electrons. The maximum atomic E-state index is 12.2. The minimum atomic E-state index is 0.240. The van der Waals surface area contributed by atoms with Gasteiger partial charge in [-0.05, 0) is 50.2 Å². The average Bonchev–Trinajstić information content (AvgIpc) is 2.61. The summed E-state index contributed by atoms with van der Waals surface area (Å²) < 4.78 is 0. The first-order valence-corrected chi connectivity index (χ1v) is 10.0. The van der Waals surface area contributed by atoms with Gasteiger partial charge < -0.3 is 20.4 Å². The first-order valence-electron chi connectivity index (χ1n) is 10.0. The maximum absolute atomic E-state index is 12.2. The van der Waals surface area contributed by atoms with E-state index in [0.717, 1.165) is 32.7 Å². The van der Waals surface area contributed by atoms with Crippen molar-refractivity contribution in [2.45, 2.75) is 40.0 Å². The highest BCUT2D eigenvalue weighted by Gasteiger charge is 2.22. The van der Waals surface area contributed by atoms with E-state index in [4.69, 9.17) is 0 Å². The summed E-state index contributed by atoms with van der Waals surface area (Å²) in [4.78, 5) is 17.3. The van der Waals surface area contributed by atoms with Gasteiger partial charge >= 0.3 is 0 Å². The summed E-state index contributed by atoms with van der Waals surface area (Å²) in [5.74, 6) is 1.98. The number of piperazine rings is 1. The molecule has 2 rings (SSSR count). The van der Waals surface area contributed by atoms with Crippen molar-refractivity contribution in [2.75, 3.05) is 58.9 Å². The normalized spacial score (nSPS) is 23.8. The molecule has 0 aliphatic carbocycles. The molecule has 2 N–H and O–H groups in total. The summed E-state index contributed by atoms with van der Waals surface area (Å²) in [6, 6.07) is 0. The Morgan fingerprint density at radius 1 is 1.12 bits per heavy atom. The van der Waals surface area contributed by atoms with Crippen molar-refractivity contribution in [3.63, 3.8) is 0 Å². The second kappa shape index (κ2) is 10.4. The molecule has 2 aliphatic rings. The number of likely N-dealkylation sites (N-methyl/N-ethyl adjacent to an activating group) is 1. The van der Waals surface area contributed by atoms with Crippen molar-refractivity contribution in [1.29, 1.82) is 0 Å². The lowest BCUT2D eigenvalue weighted by Gasteiger charge is -2.35. The number of piperidine rings is 1. The van der Waals surface area contributed by atoms with Gasteiger partial charge in [-0.25, -0.2) is 0 Å². The van der Waals surface area contributed by atoms with Gasteiger partial charge in [0, 0.05) is 45.7 Å². The predicted octanol–water partition coefficient (Wildman–Crippen LogP) is 1.40. The van der Waals surface area contributed by atoms with Gasteiger partial charge in [0.2, 0.25) is 5.91 Å². The molecule has 1 amide bonds. The standard InChI is InChI=1S/C19H38N4O/c1-4-22-9-11-23(12-10-22)15-16(2)14-21-19(24)13-17(3)18-5-7-20-8-6-18/h16-18,20H,4-15H2,1-3H3,(H,21,24). The molecule has 2 saturated heterocycles. The van der Waals surface area contributed by atoms with E-state index in [1.165, 1.54) is 39.0 Å². The molecule has 2 heterocycles. The average molecular weight is 339 g/mol. The summed E-state index contributed by atoms with van der Waals surface area (Å²) in [7, 11) is 0. The molecule has 0 radical (unpaired) electrons. The zero-order valence-electron chi connectivity index (χ0n) is 16.0. The highest BCUT2D eigenvalue weighted by molar-refractivity contribution is 5.76. The highest BCUT2D eigenvalue weighted by Crippen LogP contribution is 2.24. The van der Waals surface area contributed by atoms with Gasteiger partial charge in [-0.2, -0.15) is 0 Å². The molecule has 0 spiro atoms. The summed E-state index contributed by atoms with van der Waals surface area (Å²) in [6.07, 6.45) is 3.12.